The third-order valence-corrected chi connectivity index (χ3v) is 1.10. The van der Waals surface area contributed by atoms with E-state index in [0.29, 0.717) is 18.6 Å². The highest BCUT2D eigenvalue weighted by Crippen LogP contribution is 2.12. The van der Waals surface area contributed by atoms with Crippen LogP contribution < -0.4 is 0 Å². The Bertz CT molecular complexity index is 148. The van der Waals surface area contributed by atoms with E-state index in [-0.39, 0.29) is 12.6 Å². The van der Waals surface area contributed by atoms with E-state index in [2.05, 4.69) is 4.74 Å². The molecule has 0 amide bonds. The average molecular weight is 128 g/mol. The fourth-order valence-electron chi connectivity index (χ4n) is 0.690. The maximum Gasteiger partial charge on any atom is 0.314 e. The van der Waals surface area contributed by atoms with Gasteiger partial charge in [-0.1, -0.05) is 0 Å². The number of hydrogen-bond donors (Lipinski definition) is 1. The summed E-state index contributed by atoms with van der Waals surface area (Å²) in [6.07, 6.45) is 2.50. The summed E-state index contributed by atoms with van der Waals surface area (Å²) in [4.78, 5) is 10.4. The maximum absolute atomic E-state index is 10.4. The Kier molecular flexibility index (Phi) is 1.85. The summed E-state index contributed by atoms with van der Waals surface area (Å²) in [7, 11) is 0. The Morgan fingerprint density at radius 1 is 1.78 bits per heavy atom. The van der Waals surface area contributed by atoms with Crippen LogP contribution in [-0.4, -0.2) is 17.7 Å². The first-order valence-corrected chi connectivity index (χ1v) is 2.83. The molecule has 1 aliphatic heterocycles. The summed E-state index contributed by atoms with van der Waals surface area (Å²) in [5.74, 6) is 0.376. The molecule has 1 aliphatic rings. The third kappa shape index (κ3) is 1.54. The zero-order valence-electron chi connectivity index (χ0n) is 4.96. The molecule has 0 aliphatic carbocycles. The van der Waals surface area contributed by atoms with Gasteiger partial charge in [0.25, 0.3) is 0 Å². The molecule has 1 heterocycles. The summed E-state index contributed by atoms with van der Waals surface area (Å²) in [5, 5.41) is 8.38. The van der Waals surface area contributed by atoms with Crippen molar-refractivity contribution in [3.63, 3.8) is 0 Å². The average Bonchev–Trinajstić information content (AvgIpc) is 2.17. The van der Waals surface area contributed by atoms with E-state index < -0.39 is 0 Å². The summed E-state index contributed by atoms with van der Waals surface area (Å²) < 4.78 is 4.66. The maximum atomic E-state index is 10.4. The molecule has 0 saturated heterocycles. The third-order valence-electron chi connectivity index (χ3n) is 1.10. The first-order chi connectivity index (χ1) is 4.33. The van der Waals surface area contributed by atoms with Gasteiger partial charge in [0.15, 0.2) is 0 Å². The molecule has 0 atom stereocenters. The highest BCUT2D eigenvalue weighted by atomic mass is 16.5. The van der Waals surface area contributed by atoms with E-state index in [9.17, 15) is 4.79 Å². The molecular weight excluding hydrogens is 120 g/mol. The molecule has 0 aromatic heterocycles. The summed E-state index contributed by atoms with van der Waals surface area (Å²) >= 11 is 0. The molecule has 0 fully saturated rings. The van der Waals surface area contributed by atoms with Crippen molar-refractivity contribution >= 4 is 5.97 Å². The van der Waals surface area contributed by atoms with E-state index in [1.54, 1.807) is 6.08 Å². The van der Waals surface area contributed by atoms with Gasteiger partial charge in [0.2, 0.25) is 0 Å². The van der Waals surface area contributed by atoms with Gasteiger partial charge in [-0.05, 0) is 6.08 Å². The van der Waals surface area contributed by atoms with Crippen LogP contribution in [0.4, 0.5) is 0 Å². The second-order valence-corrected chi connectivity index (χ2v) is 1.82. The molecule has 3 heteroatoms. The van der Waals surface area contributed by atoms with Gasteiger partial charge in [-0.2, -0.15) is 0 Å². The van der Waals surface area contributed by atoms with Crippen molar-refractivity contribution in [1.82, 2.24) is 0 Å². The van der Waals surface area contributed by atoms with Crippen LogP contribution >= 0.6 is 0 Å². The van der Waals surface area contributed by atoms with E-state index in [1.807, 2.05) is 0 Å². The second kappa shape index (κ2) is 2.64. The van der Waals surface area contributed by atoms with Crippen LogP contribution in [0.25, 0.3) is 0 Å². The molecule has 9 heavy (non-hydrogen) atoms. The SMILES string of the molecule is O=C1CC=C(CCO)O1. The van der Waals surface area contributed by atoms with Gasteiger partial charge in [0.05, 0.1) is 13.0 Å². The standard InChI is InChI=1S/C6H8O3/c7-4-3-5-1-2-6(8)9-5/h1,7H,2-4H2. The molecule has 0 aromatic carbocycles. The molecule has 0 bridgehead atoms. The highest BCUT2D eigenvalue weighted by molar-refractivity contribution is 5.75. The Balaban J connectivity index is 2.36. The first-order valence-electron chi connectivity index (χ1n) is 2.83. The van der Waals surface area contributed by atoms with Crippen molar-refractivity contribution < 1.29 is 14.6 Å². The molecule has 0 radical (unpaired) electrons. The Morgan fingerprint density at radius 2 is 2.56 bits per heavy atom. The van der Waals surface area contributed by atoms with Crippen molar-refractivity contribution in [2.24, 2.45) is 0 Å². The number of rotatable bonds is 2. The second-order valence-electron chi connectivity index (χ2n) is 1.82. The monoisotopic (exact) mass is 128 g/mol. The van der Waals surface area contributed by atoms with Crippen molar-refractivity contribution in [2.45, 2.75) is 12.8 Å². The van der Waals surface area contributed by atoms with E-state index in [0.717, 1.165) is 0 Å². The molecule has 0 spiro atoms. The lowest BCUT2D eigenvalue weighted by Crippen LogP contribution is -1.95. The summed E-state index contributed by atoms with van der Waals surface area (Å²) in [6.45, 7) is 0.0408. The number of carbonyl (C=O) groups is 1. The number of ether oxygens (including phenoxy) is 1. The van der Waals surface area contributed by atoms with Crippen molar-refractivity contribution in [3.8, 4) is 0 Å². The Hall–Kier alpha value is -0.830. The highest BCUT2D eigenvalue weighted by Gasteiger charge is 2.12. The van der Waals surface area contributed by atoms with Crippen LogP contribution in [0, 0.1) is 0 Å². The number of hydrogen-bond acceptors (Lipinski definition) is 3. The van der Waals surface area contributed by atoms with E-state index >= 15 is 0 Å². The van der Waals surface area contributed by atoms with Gasteiger partial charge < -0.3 is 9.84 Å². The van der Waals surface area contributed by atoms with Crippen LogP contribution in [0.2, 0.25) is 0 Å². The molecule has 1 N–H and O–H groups in total. The molecule has 0 aromatic rings. The largest absolute Gasteiger partial charge is 0.431 e. The lowest BCUT2D eigenvalue weighted by molar-refractivity contribution is -0.136. The fourth-order valence-corrected chi connectivity index (χ4v) is 0.690. The molecular formula is C6H8O3. The van der Waals surface area contributed by atoms with Crippen LogP contribution in [0.3, 0.4) is 0 Å². The van der Waals surface area contributed by atoms with Gasteiger partial charge in [-0.25, -0.2) is 0 Å². The molecule has 1 rings (SSSR count). The van der Waals surface area contributed by atoms with Crippen molar-refractivity contribution in [3.05, 3.63) is 11.8 Å². The molecule has 0 saturated carbocycles. The lowest BCUT2D eigenvalue weighted by Gasteiger charge is -1.95. The number of cyclic esters (lactones) is 1. The number of esters is 1. The van der Waals surface area contributed by atoms with Crippen LogP contribution in [0.15, 0.2) is 11.8 Å². The predicted molar refractivity (Wildman–Crippen MR) is 30.5 cm³/mol. The molecule has 3 nitrogen and oxygen atoms in total. The number of aliphatic hydroxyl groups is 1. The minimum Gasteiger partial charge on any atom is -0.431 e. The number of aliphatic hydroxyl groups excluding tert-OH is 1. The van der Waals surface area contributed by atoms with Crippen LogP contribution in [0.5, 0.6) is 0 Å². The van der Waals surface area contributed by atoms with Crippen molar-refractivity contribution in [1.29, 1.82) is 0 Å². The Morgan fingerprint density at radius 3 is 3.00 bits per heavy atom. The lowest BCUT2D eigenvalue weighted by atomic mass is 10.3. The zero-order valence-corrected chi connectivity index (χ0v) is 4.96. The summed E-state index contributed by atoms with van der Waals surface area (Å²) in [6, 6.07) is 0. The topological polar surface area (TPSA) is 46.5 Å². The van der Waals surface area contributed by atoms with Gasteiger partial charge in [-0.15, -0.1) is 0 Å². The number of carbonyl (C=O) groups excluding carboxylic acids is 1. The fraction of sp³-hybridized carbons (Fsp3) is 0.500. The smallest absolute Gasteiger partial charge is 0.314 e. The molecule has 50 valence electrons. The minimum absolute atomic E-state index is 0.0408. The summed E-state index contributed by atoms with van der Waals surface area (Å²) in [5.41, 5.74) is 0. The van der Waals surface area contributed by atoms with Crippen LogP contribution in [0.1, 0.15) is 12.8 Å². The Labute approximate surface area is 52.9 Å². The van der Waals surface area contributed by atoms with Gasteiger partial charge in [0, 0.05) is 6.42 Å². The predicted octanol–water partition coefficient (Wildman–Crippen LogP) is 0.200. The van der Waals surface area contributed by atoms with E-state index in [1.165, 1.54) is 0 Å². The first kappa shape index (κ1) is 6.29. The normalized spacial score (nSPS) is 17.4. The van der Waals surface area contributed by atoms with Gasteiger partial charge >= 0.3 is 5.97 Å². The van der Waals surface area contributed by atoms with Crippen molar-refractivity contribution in [2.75, 3.05) is 6.61 Å². The zero-order chi connectivity index (χ0) is 6.69. The van der Waals surface area contributed by atoms with Gasteiger partial charge in [-0.3, -0.25) is 4.79 Å². The minimum atomic E-state index is -0.224. The van der Waals surface area contributed by atoms with Crippen LogP contribution in [-0.2, 0) is 9.53 Å². The van der Waals surface area contributed by atoms with E-state index in [4.69, 9.17) is 5.11 Å². The quantitative estimate of drug-likeness (QED) is 0.540. The van der Waals surface area contributed by atoms with Gasteiger partial charge in [0.1, 0.15) is 5.76 Å². The molecule has 0 unspecified atom stereocenters.